The van der Waals surface area contributed by atoms with Crippen LogP contribution in [0, 0.1) is 0 Å². The molecule has 0 saturated carbocycles. The molecule has 8 nitrogen and oxygen atoms in total. The molecular weight excluding hydrogens is 326 g/mol. The molecule has 1 aromatic carbocycles. The zero-order valence-electron chi connectivity index (χ0n) is 13.8. The van der Waals surface area contributed by atoms with E-state index < -0.39 is 11.9 Å². The van der Waals surface area contributed by atoms with Crippen molar-refractivity contribution in [2.75, 3.05) is 13.4 Å². The summed E-state index contributed by atoms with van der Waals surface area (Å²) in [4.78, 5) is 23.6. The Hall–Kier alpha value is -3.29. The standard InChI is InChI=1S/C17H17N3O5/c1-3-23-16(21)6-10(2)18-17(22)13-8-12(19-20-13)11-4-5-14-15(7-11)25-9-24-14/h4-8H,3,9H2,1-2H3,(H,18,22)(H,19,20)/b10-6+. The average molecular weight is 343 g/mol. The van der Waals surface area contributed by atoms with Gasteiger partial charge in [-0.1, -0.05) is 0 Å². The summed E-state index contributed by atoms with van der Waals surface area (Å²) in [5.74, 6) is 0.403. The number of allylic oxidation sites excluding steroid dienone is 1. The maximum Gasteiger partial charge on any atom is 0.332 e. The lowest BCUT2D eigenvalue weighted by Crippen LogP contribution is -2.22. The molecule has 0 bridgehead atoms. The number of hydrogen-bond donors (Lipinski definition) is 2. The van der Waals surface area contributed by atoms with E-state index in [0.29, 0.717) is 22.9 Å². The van der Waals surface area contributed by atoms with Gasteiger partial charge >= 0.3 is 5.97 Å². The van der Waals surface area contributed by atoms with Gasteiger partial charge in [0.2, 0.25) is 6.79 Å². The molecule has 1 aliphatic heterocycles. The van der Waals surface area contributed by atoms with Crippen LogP contribution in [0.5, 0.6) is 11.5 Å². The smallest absolute Gasteiger partial charge is 0.332 e. The minimum Gasteiger partial charge on any atom is -0.463 e. The number of carbonyl (C=O) groups excluding carboxylic acids is 2. The predicted octanol–water partition coefficient (Wildman–Crippen LogP) is 2.00. The number of esters is 1. The molecule has 1 amide bonds. The number of carbonyl (C=O) groups is 2. The summed E-state index contributed by atoms with van der Waals surface area (Å²) in [5, 5.41) is 9.41. The Morgan fingerprint density at radius 3 is 2.92 bits per heavy atom. The highest BCUT2D eigenvalue weighted by atomic mass is 16.7. The third-order valence-electron chi connectivity index (χ3n) is 3.42. The van der Waals surface area contributed by atoms with Crippen molar-refractivity contribution in [3.63, 3.8) is 0 Å². The third kappa shape index (κ3) is 3.79. The lowest BCUT2D eigenvalue weighted by Gasteiger charge is -2.03. The van der Waals surface area contributed by atoms with Crippen molar-refractivity contribution in [2.45, 2.75) is 13.8 Å². The number of rotatable bonds is 5. The van der Waals surface area contributed by atoms with Gasteiger partial charge in [0.05, 0.1) is 12.3 Å². The number of aromatic nitrogens is 2. The molecule has 0 atom stereocenters. The van der Waals surface area contributed by atoms with Crippen LogP contribution in [0.2, 0.25) is 0 Å². The number of fused-ring (bicyclic) bond motifs is 1. The van der Waals surface area contributed by atoms with Gasteiger partial charge < -0.3 is 19.5 Å². The molecular formula is C17H17N3O5. The SMILES string of the molecule is CCOC(=O)/C=C(\C)NC(=O)c1cc(-c2ccc3c(c2)OCO3)n[nH]1. The van der Waals surface area contributed by atoms with Crippen molar-refractivity contribution < 1.29 is 23.8 Å². The second-order valence-corrected chi connectivity index (χ2v) is 5.27. The molecule has 2 N–H and O–H groups in total. The summed E-state index contributed by atoms with van der Waals surface area (Å²) in [5.41, 5.74) is 2.03. The fourth-order valence-electron chi connectivity index (χ4n) is 2.28. The van der Waals surface area contributed by atoms with Gasteiger partial charge in [-0.15, -0.1) is 0 Å². The van der Waals surface area contributed by atoms with Crippen LogP contribution in [0.1, 0.15) is 24.3 Å². The van der Waals surface area contributed by atoms with Gasteiger partial charge in [-0.25, -0.2) is 4.79 Å². The summed E-state index contributed by atoms with van der Waals surface area (Å²) >= 11 is 0. The maximum atomic E-state index is 12.2. The second-order valence-electron chi connectivity index (χ2n) is 5.27. The van der Waals surface area contributed by atoms with E-state index in [-0.39, 0.29) is 19.1 Å². The van der Waals surface area contributed by atoms with E-state index >= 15 is 0 Å². The molecule has 1 aliphatic rings. The van der Waals surface area contributed by atoms with Crippen molar-refractivity contribution in [3.8, 4) is 22.8 Å². The number of nitrogens with one attached hydrogen (secondary N) is 2. The van der Waals surface area contributed by atoms with Gasteiger partial charge in [-0.2, -0.15) is 5.10 Å². The highest BCUT2D eigenvalue weighted by Gasteiger charge is 2.16. The van der Waals surface area contributed by atoms with Crippen LogP contribution in [0.25, 0.3) is 11.3 Å². The van der Waals surface area contributed by atoms with Gasteiger partial charge in [-0.05, 0) is 38.1 Å². The molecule has 0 saturated heterocycles. The molecule has 0 spiro atoms. The summed E-state index contributed by atoms with van der Waals surface area (Å²) < 4.78 is 15.4. The van der Waals surface area contributed by atoms with Crippen LogP contribution in [-0.4, -0.2) is 35.5 Å². The maximum absolute atomic E-state index is 12.2. The van der Waals surface area contributed by atoms with Gasteiger partial charge in [-0.3, -0.25) is 9.89 Å². The van der Waals surface area contributed by atoms with Crippen molar-refractivity contribution >= 4 is 11.9 Å². The Kier molecular flexibility index (Phi) is 4.69. The Morgan fingerprint density at radius 1 is 1.32 bits per heavy atom. The van der Waals surface area contributed by atoms with Crippen LogP contribution < -0.4 is 14.8 Å². The first-order valence-corrected chi connectivity index (χ1v) is 7.68. The van der Waals surface area contributed by atoms with E-state index in [1.54, 1.807) is 32.0 Å². The molecule has 8 heteroatoms. The average Bonchev–Trinajstić information content (AvgIpc) is 3.23. The number of benzene rings is 1. The first kappa shape index (κ1) is 16.6. The van der Waals surface area contributed by atoms with Gasteiger partial charge in [0.1, 0.15) is 5.69 Å². The van der Waals surface area contributed by atoms with Crippen LogP contribution in [0.3, 0.4) is 0 Å². The van der Waals surface area contributed by atoms with Crippen molar-refractivity contribution in [1.82, 2.24) is 15.5 Å². The predicted molar refractivity (Wildman–Crippen MR) is 88.0 cm³/mol. The Morgan fingerprint density at radius 2 is 2.12 bits per heavy atom. The number of H-pyrrole nitrogens is 1. The highest BCUT2D eigenvalue weighted by Crippen LogP contribution is 2.35. The normalized spacial score (nSPS) is 12.8. The molecule has 2 aromatic rings. The Bertz CT molecular complexity index is 841. The molecule has 0 unspecified atom stereocenters. The Labute approximate surface area is 143 Å². The van der Waals surface area contributed by atoms with Gasteiger partial charge in [0, 0.05) is 17.3 Å². The quantitative estimate of drug-likeness (QED) is 0.636. The fourth-order valence-corrected chi connectivity index (χ4v) is 2.28. The molecule has 3 rings (SSSR count). The lowest BCUT2D eigenvalue weighted by atomic mass is 10.1. The lowest BCUT2D eigenvalue weighted by molar-refractivity contribution is -0.137. The summed E-state index contributed by atoms with van der Waals surface area (Å²) in [6.45, 7) is 3.78. The summed E-state index contributed by atoms with van der Waals surface area (Å²) in [7, 11) is 0. The van der Waals surface area contributed by atoms with Crippen molar-refractivity contribution in [2.24, 2.45) is 0 Å². The fraction of sp³-hybridized carbons (Fsp3) is 0.235. The number of hydrogen-bond acceptors (Lipinski definition) is 6. The Balaban J connectivity index is 1.70. The highest BCUT2D eigenvalue weighted by molar-refractivity contribution is 5.95. The number of nitrogens with zero attached hydrogens (tertiary/aromatic N) is 1. The van der Waals surface area contributed by atoms with Crippen LogP contribution in [0.4, 0.5) is 0 Å². The number of ether oxygens (including phenoxy) is 3. The molecule has 2 heterocycles. The van der Waals surface area contributed by atoms with Crippen LogP contribution in [0.15, 0.2) is 36.0 Å². The van der Waals surface area contributed by atoms with E-state index in [9.17, 15) is 9.59 Å². The number of amides is 1. The zero-order valence-corrected chi connectivity index (χ0v) is 13.8. The second kappa shape index (κ2) is 7.08. The molecule has 130 valence electrons. The van der Waals surface area contributed by atoms with E-state index in [1.165, 1.54) is 6.08 Å². The van der Waals surface area contributed by atoms with E-state index in [2.05, 4.69) is 15.5 Å². The van der Waals surface area contributed by atoms with E-state index in [0.717, 1.165) is 5.56 Å². The molecule has 25 heavy (non-hydrogen) atoms. The summed E-state index contributed by atoms with van der Waals surface area (Å²) in [6.07, 6.45) is 1.22. The van der Waals surface area contributed by atoms with Crippen molar-refractivity contribution in [1.29, 1.82) is 0 Å². The van der Waals surface area contributed by atoms with Crippen LogP contribution >= 0.6 is 0 Å². The largest absolute Gasteiger partial charge is 0.463 e. The number of aromatic amines is 1. The van der Waals surface area contributed by atoms with Gasteiger partial charge in [0.15, 0.2) is 11.5 Å². The zero-order chi connectivity index (χ0) is 17.8. The molecule has 0 fully saturated rings. The monoisotopic (exact) mass is 343 g/mol. The minimum absolute atomic E-state index is 0.194. The van der Waals surface area contributed by atoms with Gasteiger partial charge in [0.25, 0.3) is 5.91 Å². The topological polar surface area (TPSA) is 103 Å². The van der Waals surface area contributed by atoms with E-state index in [4.69, 9.17) is 14.2 Å². The first-order chi connectivity index (χ1) is 12.1. The first-order valence-electron chi connectivity index (χ1n) is 7.68. The molecule has 1 aromatic heterocycles. The minimum atomic E-state index is -0.508. The van der Waals surface area contributed by atoms with Crippen molar-refractivity contribution in [3.05, 3.63) is 41.7 Å². The van der Waals surface area contributed by atoms with Crippen LogP contribution in [-0.2, 0) is 9.53 Å². The third-order valence-corrected chi connectivity index (χ3v) is 3.42. The summed E-state index contributed by atoms with van der Waals surface area (Å²) in [6, 6.07) is 7.03. The molecule has 0 aliphatic carbocycles. The van der Waals surface area contributed by atoms with E-state index in [1.807, 2.05) is 6.07 Å². The molecule has 0 radical (unpaired) electrons.